The number of hydrogen-bond acceptors (Lipinski definition) is 3. The van der Waals surface area contributed by atoms with E-state index in [1.807, 2.05) is 30.3 Å². The summed E-state index contributed by atoms with van der Waals surface area (Å²) in [6.45, 7) is 0.781. The Morgan fingerprint density at radius 3 is 2.63 bits per heavy atom. The van der Waals surface area contributed by atoms with E-state index in [0.29, 0.717) is 25.3 Å². The van der Waals surface area contributed by atoms with Crippen molar-refractivity contribution in [3.63, 3.8) is 0 Å². The lowest BCUT2D eigenvalue weighted by Crippen LogP contribution is -2.23. The van der Waals surface area contributed by atoms with Crippen LogP contribution in [-0.4, -0.2) is 24.0 Å². The van der Waals surface area contributed by atoms with Crippen molar-refractivity contribution in [2.45, 2.75) is 6.42 Å². The molecule has 0 aliphatic carbocycles. The van der Waals surface area contributed by atoms with Gasteiger partial charge in [0.15, 0.2) is 0 Å². The number of para-hydroxylation sites is 1. The molecule has 0 aliphatic rings. The van der Waals surface area contributed by atoms with Crippen LogP contribution >= 0.6 is 0 Å². The third-order valence-electron chi connectivity index (χ3n) is 3.87. The zero-order chi connectivity index (χ0) is 19.1. The summed E-state index contributed by atoms with van der Waals surface area (Å²) in [4.78, 5) is 16.1. The first-order chi connectivity index (χ1) is 13.1. The standard InChI is InChI=1S/C21H18F2N2O2/c22-17-7-2-8-18(23)16(17)10-11-20(26)24-13-4-14-27-19-9-1-5-15-6-3-12-25-21(15)19/h1-3,5-12H,4,13-14H2,(H,24,26)/b11-10+. The van der Waals surface area contributed by atoms with Crippen molar-refractivity contribution in [1.29, 1.82) is 0 Å². The number of pyridine rings is 1. The van der Waals surface area contributed by atoms with Crippen molar-refractivity contribution < 1.29 is 18.3 Å². The second kappa shape index (κ2) is 8.89. The molecule has 138 valence electrons. The van der Waals surface area contributed by atoms with Crippen LogP contribution in [-0.2, 0) is 4.79 Å². The SMILES string of the molecule is O=C(/C=C/c1c(F)cccc1F)NCCCOc1cccc2cccnc12. The molecule has 0 aliphatic heterocycles. The molecule has 6 heteroatoms. The number of aromatic nitrogens is 1. The van der Waals surface area contributed by atoms with Crippen LogP contribution in [0.4, 0.5) is 8.78 Å². The fraction of sp³-hybridized carbons (Fsp3) is 0.143. The zero-order valence-electron chi connectivity index (χ0n) is 14.5. The monoisotopic (exact) mass is 368 g/mol. The molecule has 0 bridgehead atoms. The van der Waals surface area contributed by atoms with Crippen molar-refractivity contribution in [2.75, 3.05) is 13.2 Å². The third kappa shape index (κ3) is 4.88. The highest BCUT2D eigenvalue weighted by Crippen LogP contribution is 2.22. The summed E-state index contributed by atoms with van der Waals surface area (Å²) in [5, 5.41) is 3.64. The van der Waals surface area contributed by atoms with Gasteiger partial charge in [-0.25, -0.2) is 8.78 Å². The number of halogens is 2. The lowest BCUT2D eigenvalue weighted by Gasteiger charge is -2.08. The van der Waals surface area contributed by atoms with Crippen molar-refractivity contribution in [2.24, 2.45) is 0 Å². The minimum atomic E-state index is -0.712. The van der Waals surface area contributed by atoms with Crippen LogP contribution in [0.1, 0.15) is 12.0 Å². The number of hydrogen-bond donors (Lipinski definition) is 1. The van der Waals surface area contributed by atoms with E-state index < -0.39 is 17.5 Å². The molecule has 0 radical (unpaired) electrons. The van der Waals surface area contributed by atoms with Gasteiger partial charge < -0.3 is 10.1 Å². The minimum Gasteiger partial charge on any atom is -0.491 e. The van der Waals surface area contributed by atoms with E-state index in [0.717, 1.165) is 35.2 Å². The van der Waals surface area contributed by atoms with Gasteiger partial charge in [-0.1, -0.05) is 24.3 Å². The van der Waals surface area contributed by atoms with Gasteiger partial charge in [-0.15, -0.1) is 0 Å². The highest BCUT2D eigenvalue weighted by molar-refractivity contribution is 5.91. The van der Waals surface area contributed by atoms with Crippen molar-refractivity contribution >= 4 is 22.9 Å². The molecule has 1 N–H and O–H groups in total. The summed E-state index contributed by atoms with van der Waals surface area (Å²) >= 11 is 0. The molecule has 0 spiro atoms. The molecule has 0 atom stereocenters. The summed E-state index contributed by atoms with van der Waals surface area (Å²) in [7, 11) is 0. The average molecular weight is 368 g/mol. The molecule has 3 aromatic rings. The zero-order valence-corrected chi connectivity index (χ0v) is 14.5. The number of benzene rings is 2. The number of carbonyl (C=O) groups excluding carboxylic acids is 1. The number of nitrogens with one attached hydrogen (secondary N) is 1. The molecule has 2 aromatic carbocycles. The molecule has 1 amide bonds. The quantitative estimate of drug-likeness (QED) is 0.504. The third-order valence-corrected chi connectivity index (χ3v) is 3.87. The highest BCUT2D eigenvalue weighted by Gasteiger charge is 2.05. The van der Waals surface area contributed by atoms with Crippen molar-refractivity contribution in [3.8, 4) is 5.75 Å². The van der Waals surface area contributed by atoms with Gasteiger partial charge in [-0.3, -0.25) is 9.78 Å². The highest BCUT2D eigenvalue weighted by atomic mass is 19.1. The fourth-order valence-corrected chi connectivity index (χ4v) is 2.55. The van der Waals surface area contributed by atoms with E-state index in [4.69, 9.17) is 4.74 Å². The summed E-state index contributed by atoms with van der Waals surface area (Å²) in [5.74, 6) is -1.16. The summed E-state index contributed by atoms with van der Waals surface area (Å²) in [6.07, 6.45) is 4.52. The van der Waals surface area contributed by atoms with Gasteiger partial charge in [0.25, 0.3) is 0 Å². The largest absolute Gasteiger partial charge is 0.491 e. The predicted octanol–water partition coefficient (Wildman–Crippen LogP) is 4.11. The number of rotatable bonds is 7. The first-order valence-electron chi connectivity index (χ1n) is 8.51. The smallest absolute Gasteiger partial charge is 0.244 e. The van der Waals surface area contributed by atoms with Crippen LogP contribution in [0.3, 0.4) is 0 Å². The first-order valence-corrected chi connectivity index (χ1v) is 8.51. The molecular formula is C21H18F2N2O2. The molecular weight excluding hydrogens is 350 g/mol. The van der Waals surface area contributed by atoms with Gasteiger partial charge in [0.05, 0.1) is 6.61 Å². The molecule has 0 fully saturated rings. The normalized spacial score (nSPS) is 11.0. The van der Waals surface area contributed by atoms with E-state index in [1.165, 1.54) is 6.07 Å². The Kier molecular flexibility index (Phi) is 6.10. The Morgan fingerprint density at radius 2 is 1.81 bits per heavy atom. The fourth-order valence-electron chi connectivity index (χ4n) is 2.55. The Morgan fingerprint density at radius 1 is 1.07 bits per heavy atom. The van der Waals surface area contributed by atoms with Crippen LogP contribution in [0.25, 0.3) is 17.0 Å². The Bertz CT molecular complexity index is 948. The lowest BCUT2D eigenvalue weighted by atomic mass is 10.2. The van der Waals surface area contributed by atoms with E-state index >= 15 is 0 Å². The van der Waals surface area contributed by atoms with E-state index in [1.54, 1.807) is 6.20 Å². The second-order valence-electron chi connectivity index (χ2n) is 5.79. The van der Waals surface area contributed by atoms with Gasteiger partial charge in [-0.2, -0.15) is 0 Å². The van der Waals surface area contributed by atoms with Gasteiger partial charge in [0.1, 0.15) is 22.9 Å². The van der Waals surface area contributed by atoms with Crippen molar-refractivity contribution in [1.82, 2.24) is 10.3 Å². The maximum absolute atomic E-state index is 13.5. The van der Waals surface area contributed by atoms with Gasteiger partial charge >= 0.3 is 0 Å². The molecule has 4 nitrogen and oxygen atoms in total. The number of carbonyl (C=O) groups is 1. The van der Waals surface area contributed by atoms with Gasteiger partial charge in [0, 0.05) is 29.8 Å². The molecule has 1 aromatic heterocycles. The first kappa shape index (κ1) is 18.5. The minimum absolute atomic E-state index is 0.237. The Labute approximate surface area is 155 Å². The molecule has 0 saturated carbocycles. The van der Waals surface area contributed by atoms with E-state index in [-0.39, 0.29) is 5.56 Å². The lowest BCUT2D eigenvalue weighted by molar-refractivity contribution is -0.116. The van der Waals surface area contributed by atoms with Crippen LogP contribution in [0.2, 0.25) is 0 Å². The second-order valence-corrected chi connectivity index (χ2v) is 5.79. The number of nitrogens with zero attached hydrogens (tertiary/aromatic N) is 1. The van der Waals surface area contributed by atoms with Crippen LogP contribution in [0, 0.1) is 11.6 Å². The summed E-state index contributed by atoms with van der Waals surface area (Å²) < 4.78 is 32.7. The molecule has 27 heavy (non-hydrogen) atoms. The summed E-state index contributed by atoms with van der Waals surface area (Å²) in [5.41, 5.74) is 0.554. The van der Waals surface area contributed by atoms with E-state index in [2.05, 4.69) is 10.3 Å². The molecule has 1 heterocycles. The van der Waals surface area contributed by atoms with Gasteiger partial charge in [0.2, 0.25) is 5.91 Å². The average Bonchev–Trinajstić information content (AvgIpc) is 2.67. The number of ether oxygens (including phenoxy) is 1. The topological polar surface area (TPSA) is 51.2 Å². The molecule has 0 saturated heterocycles. The molecule has 3 rings (SSSR count). The number of fused-ring (bicyclic) bond motifs is 1. The van der Waals surface area contributed by atoms with Crippen LogP contribution in [0.5, 0.6) is 5.75 Å². The summed E-state index contributed by atoms with van der Waals surface area (Å²) in [6, 6.07) is 13.1. The Hall–Kier alpha value is -3.28. The van der Waals surface area contributed by atoms with Crippen LogP contribution in [0.15, 0.2) is 60.8 Å². The van der Waals surface area contributed by atoms with E-state index in [9.17, 15) is 13.6 Å². The maximum Gasteiger partial charge on any atom is 0.244 e. The Balaban J connectivity index is 1.45. The van der Waals surface area contributed by atoms with Gasteiger partial charge in [-0.05, 0) is 36.8 Å². The number of amides is 1. The maximum atomic E-state index is 13.5. The van der Waals surface area contributed by atoms with Crippen molar-refractivity contribution in [3.05, 3.63) is 78.0 Å². The van der Waals surface area contributed by atoms with Crippen LogP contribution < -0.4 is 10.1 Å². The molecule has 0 unspecified atom stereocenters. The predicted molar refractivity (Wildman–Crippen MR) is 100 cm³/mol.